The minimum Gasteiger partial charge on any atom is -0.387 e. The van der Waals surface area contributed by atoms with Crippen molar-refractivity contribution in [3.63, 3.8) is 0 Å². The number of halogens is 1. The summed E-state index contributed by atoms with van der Waals surface area (Å²) in [6, 6.07) is 6.28. The Labute approximate surface area is 202 Å². The lowest BCUT2D eigenvalue weighted by atomic mass is 9.75. The number of nitrogens with zero attached hydrogens (tertiary/aromatic N) is 3. The standard InChI is InChI=1S/C23H27FN4O6S/c1-14-8-15(4-5-17(14)24)9-23(2)20(19-11-32-16(10-33-19)12-35(3,30)31)34-28-22(23)27-21(29)18-6-7-25-13-26-18/h4-8,13,16,19-20H,9-12H2,1-3H3,(H,27,28,29)/t16-,19+,20+,23?/m0/s1. The second kappa shape index (κ2) is 9.96. The number of amidine groups is 1. The maximum absolute atomic E-state index is 13.9. The van der Waals surface area contributed by atoms with Crippen molar-refractivity contribution in [3.05, 3.63) is 59.4 Å². The summed E-state index contributed by atoms with van der Waals surface area (Å²) in [7, 11) is -3.23. The van der Waals surface area contributed by atoms with Gasteiger partial charge in [-0.25, -0.2) is 22.8 Å². The first-order valence-electron chi connectivity index (χ1n) is 11.0. The van der Waals surface area contributed by atoms with Gasteiger partial charge in [0.05, 0.1) is 30.5 Å². The fourth-order valence-electron chi connectivity index (χ4n) is 4.30. The SMILES string of the molecule is Cc1cc(CC2(C)C(NC(=O)c3ccncn3)=NO[C@@H]2[C@H]2CO[C@H](CS(C)(=O)=O)CO2)ccc1F. The number of sulfone groups is 1. The fourth-order valence-corrected chi connectivity index (χ4v) is 5.16. The first kappa shape index (κ1) is 25.1. The summed E-state index contributed by atoms with van der Waals surface area (Å²) in [6.45, 7) is 3.71. The molecule has 4 rings (SSSR count). The summed E-state index contributed by atoms with van der Waals surface area (Å²) in [6.07, 6.45) is 2.41. The van der Waals surface area contributed by atoms with Crippen LogP contribution in [0.2, 0.25) is 0 Å². The van der Waals surface area contributed by atoms with Crippen molar-refractivity contribution in [2.24, 2.45) is 10.6 Å². The van der Waals surface area contributed by atoms with E-state index in [0.717, 1.165) is 11.8 Å². The first-order valence-corrected chi connectivity index (χ1v) is 13.1. The Morgan fingerprint density at radius 1 is 1.26 bits per heavy atom. The average molecular weight is 507 g/mol. The van der Waals surface area contributed by atoms with Gasteiger partial charge in [-0.3, -0.25) is 4.79 Å². The molecule has 10 nitrogen and oxygen atoms in total. The van der Waals surface area contributed by atoms with Gasteiger partial charge in [0.2, 0.25) is 0 Å². The number of hydrogen-bond acceptors (Lipinski definition) is 9. The fraction of sp³-hybridized carbons (Fsp3) is 0.478. The summed E-state index contributed by atoms with van der Waals surface area (Å²) < 4.78 is 48.8. The molecule has 4 atom stereocenters. The van der Waals surface area contributed by atoms with E-state index in [4.69, 9.17) is 14.3 Å². The van der Waals surface area contributed by atoms with E-state index in [2.05, 4.69) is 20.4 Å². The topological polar surface area (TPSA) is 129 Å². The molecule has 1 fully saturated rings. The third-order valence-corrected chi connectivity index (χ3v) is 7.06. The van der Waals surface area contributed by atoms with Gasteiger partial charge in [0.25, 0.3) is 5.91 Å². The average Bonchev–Trinajstić information content (AvgIpc) is 3.11. The lowest BCUT2D eigenvalue weighted by Gasteiger charge is -2.38. The lowest BCUT2D eigenvalue weighted by Crippen LogP contribution is -2.54. The molecular weight excluding hydrogens is 479 g/mol. The van der Waals surface area contributed by atoms with E-state index in [-0.39, 0.29) is 36.3 Å². The molecule has 2 aliphatic heterocycles. The van der Waals surface area contributed by atoms with E-state index in [1.54, 1.807) is 19.1 Å². The number of nitrogens with one attached hydrogen (secondary N) is 1. The minimum atomic E-state index is -3.23. The van der Waals surface area contributed by atoms with E-state index in [1.807, 2.05) is 6.92 Å². The second-order valence-electron chi connectivity index (χ2n) is 9.11. The number of benzene rings is 1. The van der Waals surface area contributed by atoms with Crippen LogP contribution in [0.1, 0.15) is 28.5 Å². The van der Waals surface area contributed by atoms with Crippen molar-refractivity contribution in [1.82, 2.24) is 15.3 Å². The van der Waals surface area contributed by atoms with Crippen LogP contribution < -0.4 is 5.32 Å². The van der Waals surface area contributed by atoms with Crippen molar-refractivity contribution in [3.8, 4) is 0 Å². The quantitative estimate of drug-likeness (QED) is 0.623. The van der Waals surface area contributed by atoms with Crippen molar-refractivity contribution in [2.45, 2.75) is 38.6 Å². The van der Waals surface area contributed by atoms with Crippen LogP contribution in [-0.2, 0) is 30.6 Å². The number of carbonyl (C=O) groups excluding carboxylic acids is 1. The van der Waals surface area contributed by atoms with Gasteiger partial charge in [0.15, 0.2) is 11.9 Å². The number of ether oxygens (including phenoxy) is 2. The molecule has 0 bridgehead atoms. The number of hydrogen-bond donors (Lipinski definition) is 1. The zero-order valence-corrected chi connectivity index (χ0v) is 20.4. The van der Waals surface area contributed by atoms with Crippen molar-refractivity contribution < 1.29 is 31.9 Å². The van der Waals surface area contributed by atoms with Crippen LogP contribution in [0.3, 0.4) is 0 Å². The van der Waals surface area contributed by atoms with Crippen LogP contribution in [-0.4, -0.2) is 73.7 Å². The molecule has 0 aliphatic carbocycles. The number of rotatable bonds is 6. The Bertz CT molecular complexity index is 1220. The Hall–Kier alpha value is -2.96. The molecular formula is C23H27FN4O6S. The normalized spacial score (nSPS) is 26.6. The Kier molecular flexibility index (Phi) is 7.15. The van der Waals surface area contributed by atoms with Gasteiger partial charge in [0, 0.05) is 12.5 Å². The van der Waals surface area contributed by atoms with Crippen LogP contribution in [0.25, 0.3) is 0 Å². The summed E-state index contributed by atoms with van der Waals surface area (Å²) in [5.74, 6) is -0.667. The predicted molar refractivity (Wildman–Crippen MR) is 124 cm³/mol. The number of aryl methyl sites for hydroxylation is 1. The third kappa shape index (κ3) is 5.82. The van der Waals surface area contributed by atoms with Crippen molar-refractivity contribution in [1.29, 1.82) is 0 Å². The molecule has 2 aliphatic rings. The van der Waals surface area contributed by atoms with Gasteiger partial charge < -0.3 is 19.6 Å². The maximum atomic E-state index is 13.9. The summed E-state index contributed by atoms with van der Waals surface area (Å²) in [5, 5.41) is 6.95. The third-order valence-electron chi connectivity index (χ3n) is 6.09. The van der Waals surface area contributed by atoms with E-state index < -0.39 is 39.5 Å². The molecule has 188 valence electrons. The summed E-state index contributed by atoms with van der Waals surface area (Å²) >= 11 is 0. The minimum absolute atomic E-state index is 0.0754. The van der Waals surface area contributed by atoms with E-state index in [1.165, 1.54) is 24.7 Å². The van der Waals surface area contributed by atoms with Crippen LogP contribution in [0.5, 0.6) is 0 Å². The van der Waals surface area contributed by atoms with Crippen LogP contribution in [0, 0.1) is 18.2 Å². The molecule has 1 aromatic heterocycles. The van der Waals surface area contributed by atoms with E-state index in [9.17, 15) is 17.6 Å². The number of amides is 1. The molecule has 1 saturated heterocycles. The van der Waals surface area contributed by atoms with Crippen molar-refractivity contribution in [2.75, 3.05) is 25.2 Å². The maximum Gasteiger partial charge on any atom is 0.275 e. The molecule has 0 spiro atoms. The van der Waals surface area contributed by atoms with Crippen LogP contribution in [0.4, 0.5) is 4.39 Å². The van der Waals surface area contributed by atoms with E-state index in [0.29, 0.717) is 12.0 Å². The molecule has 1 aromatic carbocycles. The van der Waals surface area contributed by atoms with Gasteiger partial charge in [-0.2, -0.15) is 0 Å². The monoisotopic (exact) mass is 506 g/mol. The molecule has 35 heavy (non-hydrogen) atoms. The first-order chi connectivity index (χ1) is 16.5. The molecule has 1 N–H and O–H groups in total. The number of oxime groups is 1. The van der Waals surface area contributed by atoms with Crippen molar-refractivity contribution >= 4 is 21.6 Å². The molecule has 1 unspecified atom stereocenters. The highest BCUT2D eigenvalue weighted by Crippen LogP contribution is 2.39. The van der Waals surface area contributed by atoms with Gasteiger partial charge in [-0.15, -0.1) is 0 Å². The lowest BCUT2D eigenvalue weighted by molar-refractivity contribution is -0.180. The zero-order chi connectivity index (χ0) is 25.2. The summed E-state index contributed by atoms with van der Waals surface area (Å²) in [5.41, 5.74) is 0.584. The zero-order valence-electron chi connectivity index (χ0n) is 19.6. The summed E-state index contributed by atoms with van der Waals surface area (Å²) in [4.78, 5) is 26.3. The van der Waals surface area contributed by atoms with Gasteiger partial charge >= 0.3 is 0 Å². The molecule has 0 saturated carbocycles. The van der Waals surface area contributed by atoms with Crippen LogP contribution >= 0.6 is 0 Å². The van der Waals surface area contributed by atoms with Gasteiger partial charge in [0.1, 0.15) is 33.8 Å². The highest BCUT2D eigenvalue weighted by molar-refractivity contribution is 7.90. The number of carbonyl (C=O) groups is 1. The highest BCUT2D eigenvalue weighted by Gasteiger charge is 2.52. The van der Waals surface area contributed by atoms with Gasteiger partial charge in [-0.05, 0) is 43.5 Å². The molecule has 2 aromatic rings. The van der Waals surface area contributed by atoms with E-state index >= 15 is 0 Å². The Morgan fingerprint density at radius 3 is 2.69 bits per heavy atom. The van der Waals surface area contributed by atoms with Crippen LogP contribution in [0.15, 0.2) is 41.9 Å². The smallest absolute Gasteiger partial charge is 0.275 e. The number of aromatic nitrogens is 2. The molecule has 3 heterocycles. The molecule has 12 heteroatoms. The van der Waals surface area contributed by atoms with Gasteiger partial charge in [-0.1, -0.05) is 17.3 Å². The highest BCUT2D eigenvalue weighted by atomic mass is 32.2. The molecule has 0 radical (unpaired) electrons. The molecule has 1 amide bonds. The Balaban J connectivity index is 1.56. The predicted octanol–water partition coefficient (Wildman–Crippen LogP) is 1.44. The second-order valence-corrected chi connectivity index (χ2v) is 11.3. The largest absolute Gasteiger partial charge is 0.387 e. The Morgan fingerprint density at radius 2 is 2.06 bits per heavy atom.